The Balaban J connectivity index is 2.06. The van der Waals surface area contributed by atoms with Crippen LogP contribution in [0.2, 0.25) is 0 Å². The van der Waals surface area contributed by atoms with Gasteiger partial charge in [0.15, 0.2) is 11.7 Å². The molecule has 2 rings (SSSR count). The van der Waals surface area contributed by atoms with Gasteiger partial charge in [-0.25, -0.2) is 9.37 Å². The Hall–Kier alpha value is -1.88. The second kappa shape index (κ2) is 7.22. The second-order valence-electron chi connectivity index (χ2n) is 5.15. The number of oxazole rings is 1. The zero-order chi connectivity index (χ0) is 15.2. The molecule has 0 fully saturated rings. The molecule has 0 saturated carbocycles. The molecule has 2 aromatic rings. The zero-order valence-electron chi connectivity index (χ0n) is 12.6. The van der Waals surface area contributed by atoms with Gasteiger partial charge in [-0.1, -0.05) is 19.9 Å². The maximum atomic E-state index is 13.9. The molecule has 1 heterocycles. The SMILES string of the molecule is COc1cccc(F)c1-c1cnc(CCCNC(C)C)o1. The number of benzene rings is 1. The lowest BCUT2D eigenvalue weighted by Crippen LogP contribution is -2.23. The Morgan fingerprint density at radius 2 is 2.19 bits per heavy atom. The summed E-state index contributed by atoms with van der Waals surface area (Å²) in [7, 11) is 1.51. The predicted octanol–water partition coefficient (Wildman–Crippen LogP) is 3.42. The highest BCUT2D eigenvalue weighted by Gasteiger charge is 2.16. The standard InChI is InChI=1S/C16H21FN2O2/c1-11(2)18-9-5-8-15-19-10-14(21-15)16-12(17)6-4-7-13(16)20-3/h4,6-7,10-11,18H,5,8-9H2,1-3H3. The topological polar surface area (TPSA) is 47.3 Å². The van der Waals surface area contributed by atoms with Crippen molar-refractivity contribution in [1.29, 1.82) is 0 Å². The van der Waals surface area contributed by atoms with Crippen LogP contribution in [0.4, 0.5) is 4.39 Å². The highest BCUT2D eigenvalue weighted by molar-refractivity contribution is 5.65. The van der Waals surface area contributed by atoms with Crippen molar-refractivity contribution in [2.24, 2.45) is 0 Å². The molecule has 0 aliphatic heterocycles. The van der Waals surface area contributed by atoms with Gasteiger partial charge in [0.2, 0.25) is 0 Å². The lowest BCUT2D eigenvalue weighted by atomic mass is 10.1. The van der Waals surface area contributed by atoms with Gasteiger partial charge in [0.1, 0.15) is 11.6 Å². The third-order valence-corrected chi connectivity index (χ3v) is 3.12. The van der Waals surface area contributed by atoms with Crippen molar-refractivity contribution < 1.29 is 13.5 Å². The van der Waals surface area contributed by atoms with E-state index in [2.05, 4.69) is 24.1 Å². The van der Waals surface area contributed by atoms with Crippen LogP contribution in [0.15, 0.2) is 28.8 Å². The van der Waals surface area contributed by atoms with Crippen LogP contribution in [0.5, 0.6) is 5.75 Å². The van der Waals surface area contributed by atoms with Gasteiger partial charge in [0, 0.05) is 12.5 Å². The van der Waals surface area contributed by atoms with Gasteiger partial charge in [-0.3, -0.25) is 0 Å². The molecule has 0 spiro atoms. The van der Waals surface area contributed by atoms with Gasteiger partial charge in [-0.2, -0.15) is 0 Å². The quantitative estimate of drug-likeness (QED) is 0.794. The number of rotatable bonds is 7. The summed E-state index contributed by atoms with van der Waals surface area (Å²) in [6, 6.07) is 5.15. The minimum atomic E-state index is -0.376. The third kappa shape index (κ3) is 4.04. The van der Waals surface area contributed by atoms with Crippen LogP contribution < -0.4 is 10.1 Å². The number of methoxy groups -OCH3 is 1. The van der Waals surface area contributed by atoms with Gasteiger partial charge < -0.3 is 14.5 Å². The van der Waals surface area contributed by atoms with Crippen LogP contribution in [0.25, 0.3) is 11.3 Å². The first kappa shape index (κ1) is 15.5. The van der Waals surface area contributed by atoms with Crippen molar-refractivity contribution in [2.75, 3.05) is 13.7 Å². The van der Waals surface area contributed by atoms with Crippen molar-refractivity contribution in [2.45, 2.75) is 32.7 Å². The van der Waals surface area contributed by atoms with Crippen LogP contribution in [-0.4, -0.2) is 24.7 Å². The second-order valence-corrected chi connectivity index (χ2v) is 5.15. The van der Waals surface area contributed by atoms with Crippen molar-refractivity contribution in [3.63, 3.8) is 0 Å². The minimum absolute atomic E-state index is 0.319. The number of halogens is 1. The Morgan fingerprint density at radius 1 is 1.38 bits per heavy atom. The van der Waals surface area contributed by atoms with E-state index >= 15 is 0 Å². The molecule has 0 unspecified atom stereocenters. The largest absolute Gasteiger partial charge is 0.496 e. The molecule has 1 N–H and O–H groups in total. The summed E-state index contributed by atoms with van der Waals surface area (Å²) in [6.45, 7) is 5.11. The highest BCUT2D eigenvalue weighted by Crippen LogP contribution is 2.32. The average Bonchev–Trinajstić information content (AvgIpc) is 2.91. The van der Waals surface area contributed by atoms with E-state index < -0.39 is 0 Å². The fourth-order valence-electron chi connectivity index (χ4n) is 2.09. The van der Waals surface area contributed by atoms with E-state index in [9.17, 15) is 4.39 Å². The lowest BCUT2D eigenvalue weighted by Gasteiger charge is -2.07. The smallest absolute Gasteiger partial charge is 0.194 e. The Bertz CT molecular complexity index is 581. The molecule has 0 bridgehead atoms. The summed E-state index contributed by atoms with van der Waals surface area (Å²) in [5, 5.41) is 3.33. The first-order valence-electron chi connectivity index (χ1n) is 7.12. The summed E-state index contributed by atoms with van der Waals surface area (Å²) < 4.78 is 24.8. The normalized spacial score (nSPS) is 11.1. The number of nitrogens with zero attached hydrogens (tertiary/aromatic N) is 1. The van der Waals surface area contributed by atoms with E-state index in [4.69, 9.17) is 9.15 Å². The van der Waals surface area contributed by atoms with E-state index in [1.807, 2.05) is 0 Å². The Kier molecular flexibility index (Phi) is 5.33. The third-order valence-electron chi connectivity index (χ3n) is 3.12. The van der Waals surface area contributed by atoms with Crippen LogP contribution in [0.3, 0.4) is 0 Å². The van der Waals surface area contributed by atoms with E-state index in [1.54, 1.807) is 18.3 Å². The van der Waals surface area contributed by atoms with Gasteiger partial charge >= 0.3 is 0 Å². The molecular formula is C16H21FN2O2. The van der Waals surface area contributed by atoms with E-state index in [1.165, 1.54) is 13.2 Å². The molecule has 0 aliphatic rings. The van der Waals surface area contributed by atoms with Gasteiger partial charge in [0.05, 0.1) is 18.9 Å². The number of hydrogen-bond donors (Lipinski definition) is 1. The molecule has 4 nitrogen and oxygen atoms in total. The molecule has 0 atom stereocenters. The molecule has 5 heteroatoms. The fourth-order valence-corrected chi connectivity index (χ4v) is 2.09. The van der Waals surface area contributed by atoms with Gasteiger partial charge in [-0.15, -0.1) is 0 Å². The Labute approximate surface area is 124 Å². The summed E-state index contributed by atoms with van der Waals surface area (Å²) in [5.41, 5.74) is 0.319. The number of aromatic nitrogens is 1. The molecule has 0 radical (unpaired) electrons. The zero-order valence-corrected chi connectivity index (χ0v) is 12.6. The number of nitrogens with one attached hydrogen (secondary N) is 1. The lowest BCUT2D eigenvalue weighted by molar-refractivity contribution is 0.409. The molecule has 114 valence electrons. The van der Waals surface area contributed by atoms with Crippen molar-refractivity contribution in [3.05, 3.63) is 36.1 Å². The van der Waals surface area contributed by atoms with Crippen LogP contribution in [0.1, 0.15) is 26.2 Å². The van der Waals surface area contributed by atoms with Crippen LogP contribution >= 0.6 is 0 Å². The summed E-state index contributed by atoms with van der Waals surface area (Å²) in [4.78, 5) is 4.21. The average molecular weight is 292 g/mol. The fraction of sp³-hybridized carbons (Fsp3) is 0.438. The van der Waals surface area contributed by atoms with Crippen LogP contribution in [0, 0.1) is 5.82 Å². The van der Waals surface area contributed by atoms with E-state index in [-0.39, 0.29) is 5.82 Å². The highest BCUT2D eigenvalue weighted by atomic mass is 19.1. The van der Waals surface area contributed by atoms with Crippen molar-refractivity contribution in [1.82, 2.24) is 10.3 Å². The molecular weight excluding hydrogens is 271 g/mol. The molecule has 1 aromatic heterocycles. The molecule has 0 saturated heterocycles. The summed E-state index contributed by atoms with van der Waals surface area (Å²) in [6.07, 6.45) is 3.19. The Morgan fingerprint density at radius 3 is 2.90 bits per heavy atom. The maximum absolute atomic E-state index is 13.9. The number of hydrogen-bond acceptors (Lipinski definition) is 4. The van der Waals surface area contributed by atoms with Crippen molar-refractivity contribution >= 4 is 0 Å². The maximum Gasteiger partial charge on any atom is 0.194 e. The van der Waals surface area contributed by atoms with Crippen LogP contribution in [-0.2, 0) is 6.42 Å². The van der Waals surface area contributed by atoms with Crippen molar-refractivity contribution in [3.8, 4) is 17.1 Å². The molecule has 0 aliphatic carbocycles. The monoisotopic (exact) mass is 292 g/mol. The predicted molar refractivity (Wildman–Crippen MR) is 79.9 cm³/mol. The molecule has 21 heavy (non-hydrogen) atoms. The molecule has 1 aromatic carbocycles. The van der Waals surface area contributed by atoms with Gasteiger partial charge in [0.25, 0.3) is 0 Å². The van der Waals surface area contributed by atoms with E-state index in [0.29, 0.717) is 29.0 Å². The van der Waals surface area contributed by atoms with E-state index in [0.717, 1.165) is 19.4 Å². The summed E-state index contributed by atoms with van der Waals surface area (Å²) >= 11 is 0. The van der Waals surface area contributed by atoms with Gasteiger partial charge in [-0.05, 0) is 25.1 Å². The number of aryl methyl sites for hydroxylation is 1. The minimum Gasteiger partial charge on any atom is -0.496 e. The first-order valence-corrected chi connectivity index (χ1v) is 7.12. The summed E-state index contributed by atoms with van der Waals surface area (Å²) in [5.74, 6) is 1.08. The number of ether oxygens (including phenoxy) is 1. The first-order chi connectivity index (χ1) is 10.1. The molecule has 0 amide bonds.